The first-order valence-electron chi connectivity index (χ1n) is 7.58. The maximum absolute atomic E-state index is 13.5. The second-order valence-corrected chi connectivity index (χ2v) is 8.03. The van der Waals surface area contributed by atoms with Crippen molar-refractivity contribution >= 4 is 27.0 Å². The monoisotopic (exact) mass is 362 g/mol. The SMILES string of the molecule is O=C1OCC(c2ccc3c(c2)S(=O)(=O)CC3)=C1c1ccc(F)c(F)c1. The predicted molar refractivity (Wildman–Crippen MR) is 86.3 cm³/mol. The fourth-order valence-corrected chi connectivity index (χ4v) is 4.75. The molecule has 2 aliphatic heterocycles. The van der Waals surface area contributed by atoms with Crippen LogP contribution < -0.4 is 0 Å². The molecule has 2 heterocycles. The van der Waals surface area contributed by atoms with Crippen LogP contribution in [-0.2, 0) is 25.8 Å². The minimum absolute atomic E-state index is 0.0496. The Kier molecular flexibility index (Phi) is 3.50. The van der Waals surface area contributed by atoms with Crippen molar-refractivity contribution in [2.45, 2.75) is 11.3 Å². The summed E-state index contributed by atoms with van der Waals surface area (Å²) in [5, 5.41) is 0. The van der Waals surface area contributed by atoms with E-state index in [-0.39, 0.29) is 28.4 Å². The second kappa shape index (κ2) is 5.49. The van der Waals surface area contributed by atoms with Crippen LogP contribution >= 0.6 is 0 Å². The Labute approximate surface area is 142 Å². The molecule has 4 rings (SSSR count). The molecule has 4 nitrogen and oxygen atoms in total. The molecule has 0 bridgehead atoms. The van der Waals surface area contributed by atoms with Crippen molar-refractivity contribution in [3.63, 3.8) is 0 Å². The third-order valence-corrected chi connectivity index (χ3v) is 6.24. The van der Waals surface area contributed by atoms with Crippen molar-refractivity contribution < 1.29 is 26.7 Å². The Morgan fingerprint density at radius 3 is 2.48 bits per heavy atom. The number of esters is 1. The summed E-state index contributed by atoms with van der Waals surface area (Å²) >= 11 is 0. The smallest absolute Gasteiger partial charge is 0.339 e. The zero-order valence-electron chi connectivity index (χ0n) is 12.9. The van der Waals surface area contributed by atoms with Crippen LogP contribution in [0.1, 0.15) is 16.7 Å². The van der Waals surface area contributed by atoms with Gasteiger partial charge in [0.05, 0.1) is 16.2 Å². The summed E-state index contributed by atoms with van der Waals surface area (Å²) in [6.07, 6.45) is 0.461. The van der Waals surface area contributed by atoms with Crippen molar-refractivity contribution in [3.05, 3.63) is 64.7 Å². The van der Waals surface area contributed by atoms with Gasteiger partial charge in [0.2, 0.25) is 0 Å². The summed E-state index contributed by atoms with van der Waals surface area (Å²) in [6, 6.07) is 8.12. The van der Waals surface area contributed by atoms with Gasteiger partial charge in [-0.05, 0) is 41.3 Å². The topological polar surface area (TPSA) is 60.4 Å². The number of halogens is 2. The number of carbonyl (C=O) groups excluding carboxylic acids is 1. The number of aryl methyl sites for hydroxylation is 1. The molecule has 7 heteroatoms. The summed E-state index contributed by atoms with van der Waals surface area (Å²) in [5.41, 5.74) is 2.04. The number of benzene rings is 2. The number of ether oxygens (including phenoxy) is 1. The molecule has 0 unspecified atom stereocenters. The van der Waals surface area contributed by atoms with E-state index < -0.39 is 27.4 Å². The molecular weight excluding hydrogens is 350 g/mol. The first-order valence-corrected chi connectivity index (χ1v) is 9.24. The van der Waals surface area contributed by atoms with Gasteiger partial charge < -0.3 is 4.74 Å². The van der Waals surface area contributed by atoms with Crippen LogP contribution in [0.2, 0.25) is 0 Å². The number of hydrogen-bond donors (Lipinski definition) is 0. The molecule has 25 heavy (non-hydrogen) atoms. The first-order chi connectivity index (χ1) is 11.9. The van der Waals surface area contributed by atoms with Crippen molar-refractivity contribution in [1.82, 2.24) is 0 Å². The van der Waals surface area contributed by atoms with Crippen LogP contribution in [0, 0.1) is 11.6 Å². The van der Waals surface area contributed by atoms with Crippen LogP contribution in [0.15, 0.2) is 41.3 Å². The van der Waals surface area contributed by atoms with Crippen molar-refractivity contribution in [2.75, 3.05) is 12.4 Å². The minimum atomic E-state index is -3.32. The van der Waals surface area contributed by atoms with Crippen LogP contribution in [0.4, 0.5) is 8.78 Å². The largest absolute Gasteiger partial charge is 0.457 e. The number of carbonyl (C=O) groups is 1. The van der Waals surface area contributed by atoms with Gasteiger partial charge in [0.1, 0.15) is 6.61 Å². The van der Waals surface area contributed by atoms with E-state index in [0.717, 1.165) is 17.7 Å². The second-order valence-electron chi connectivity index (χ2n) is 5.95. The summed E-state index contributed by atoms with van der Waals surface area (Å²) < 4.78 is 56.0. The Balaban J connectivity index is 1.89. The van der Waals surface area contributed by atoms with Gasteiger partial charge in [-0.1, -0.05) is 18.2 Å². The number of rotatable bonds is 2. The molecule has 128 valence electrons. The number of sulfone groups is 1. The highest BCUT2D eigenvalue weighted by molar-refractivity contribution is 7.91. The lowest BCUT2D eigenvalue weighted by Crippen LogP contribution is -2.00. The molecule has 0 saturated heterocycles. The first kappa shape index (κ1) is 16.0. The highest BCUT2D eigenvalue weighted by atomic mass is 32.2. The van der Waals surface area contributed by atoms with Gasteiger partial charge >= 0.3 is 5.97 Å². The Morgan fingerprint density at radius 2 is 1.72 bits per heavy atom. The van der Waals surface area contributed by atoms with Gasteiger partial charge in [-0.2, -0.15) is 0 Å². The Morgan fingerprint density at radius 1 is 0.960 bits per heavy atom. The zero-order valence-corrected chi connectivity index (χ0v) is 13.7. The van der Waals surface area contributed by atoms with E-state index in [2.05, 4.69) is 0 Å². The van der Waals surface area contributed by atoms with Crippen LogP contribution in [0.3, 0.4) is 0 Å². The van der Waals surface area contributed by atoms with Gasteiger partial charge in [-0.3, -0.25) is 0 Å². The molecule has 2 aliphatic rings. The van der Waals surface area contributed by atoms with E-state index in [1.54, 1.807) is 12.1 Å². The van der Waals surface area contributed by atoms with E-state index in [4.69, 9.17) is 4.74 Å². The maximum atomic E-state index is 13.5. The van der Waals surface area contributed by atoms with E-state index in [0.29, 0.717) is 17.6 Å². The van der Waals surface area contributed by atoms with E-state index >= 15 is 0 Å². The summed E-state index contributed by atoms with van der Waals surface area (Å²) in [5.74, 6) is -2.66. The molecule has 0 atom stereocenters. The number of fused-ring (bicyclic) bond motifs is 1. The zero-order chi connectivity index (χ0) is 17.8. The predicted octanol–water partition coefficient (Wildman–Crippen LogP) is 2.76. The van der Waals surface area contributed by atoms with Crippen molar-refractivity contribution in [3.8, 4) is 0 Å². The van der Waals surface area contributed by atoms with Crippen LogP contribution in [0.25, 0.3) is 11.1 Å². The molecular formula is C18H12F2O4S. The molecule has 0 aromatic heterocycles. The van der Waals surface area contributed by atoms with E-state index in [9.17, 15) is 22.0 Å². The molecule has 0 amide bonds. The van der Waals surface area contributed by atoms with Gasteiger partial charge in [0, 0.05) is 5.57 Å². The Hall–Kier alpha value is -2.54. The molecule has 0 spiro atoms. The molecule has 0 saturated carbocycles. The lowest BCUT2D eigenvalue weighted by atomic mass is 9.95. The lowest BCUT2D eigenvalue weighted by Gasteiger charge is -2.07. The normalized spacial score (nSPS) is 18.4. The fourth-order valence-electron chi connectivity index (χ4n) is 3.17. The fraction of sp³-hybridized carbons (Fsp3) is 0.167. The van der Waals surface area contributed by atoms with E-state index in [1.165, 1.54) is 12.1 Å². The van der Waals surface area contributed by atoms with Gasteiger partial charge in [-0.25, -0.2) is 22.0 Å². The van der Waals surface area contributed by atoms with Crippen molar-refractivity contribution in [1.29, 1.82) is 0 Å². The maximum Gasteiger partial charge on any atom is 0.339 e. The number of hydrogen-bond acceptors (Lipinski definition) is 4. The third-order valence-electron chi connectivity index (χ3n) is 4.45. The van der Waals surface area contributed by atoms with Gasteiger partial charge in [0.25, 0.3) is 0 Å². The standard InChI is InChI=1S/C18H12F2O4S/c19-14-4-3-12(7-15(14)20)17-13(9-24-18(17)21)11-2-1-10-5-6-25(22,23)16(10)8-11/h1-4,7-8H,5-6,9H2. The quantitative estimate of drug-likeness (QED) is 0.771. The van der Waals surface area contributed by atoms with Crippen molar-refractivity contribution in [2.24, 2.45) is 0 Å². The molecule has 2 aromatic carbocycles. The number of cyclic esters (lactones) is 1. The average Bonchev–Trinajstić information content (AvgIpc) is 3.10. The summed E-state index contributed by atoms with van der Waals surface area (Å²) in [4.78, 5) is 12.4. The minimum Gasteiger partial charge on any atom is -0.457 e. The highest BCUT2D eigenvalue weighted by Gasteiger charge is 2.31. The van der Waals surface area contributed by atoms with Crippen LogP contribution in [-0.4, -0.2) is 26.7 Å². The third kappa shape index (κ3) is 2.55. The molecule has 0 radical (unpaired) electrons. The lowest BCUT2D eigenvalue weighted by molar-refractivity contribution is -0.133. The summed E-state index contributed by atoms with van der Waals surface area (Å²) in [7, 11) is -3.32. The van der Waals surface area contributed by atoms with Gasteiger partial charge in [0.15, 0.2) is 21.5 Å². The molecule has 0 aliphatic carbocycles. The highest BCUT2D eigenvalue weighted by Crippen LogP contribution is 2.36. The molecule has 2 aromatic rings. The summed E-state index contributed by atoms with van der Waals surface area (Å²) in [6.45, 7) is -0.0496. The molecule has 0 N–H and O–H groups in total. The Bertz CT molecular complexity index is 1050. The van der Waals surface area contributed by atoms with Crippen LogP contribution in [0.5, 0.6) is 0 Å². The molecule has 0 fully saturated rings. The average molecular weight is 362 g/mol. The van der Waals surface area contributed by atoms with Gasteiger partial charge in [-0.15, -0.1) is 0 Å². The van der Waals surface area contributed by atoms with E-state index in [1.807, 2.05) is 0 Å².